The number of pyridine rings is 1. The molecule has 156 valence electrons. The lowest BCUT2D eigenvalue weighted by Crippen LogP contribution is -2.21. The van der Waals surface area contributed by atoms with Gasteiger partial charge in [-0.3, -0.25) is 0 Å². The summed E-state index contributed by atoms with van der Waals surface area (Å²) in [5.74, 6) is 1.14. The van der Waals surface area contributed by atoms with Crippen molar-refractivity contribution < 1.29 is 0 Å². The van der Waals surface area contributed by atoms with Crippen LogP contribution in [-0.4, -0.2) is 14.5 Å². The fourth-order valence-electron chi connectivity index (χ4n) is 5.44. The predicted molar refractivity (Wildman–Crippen MR) is 125 cm³/mol. The van der Waals surface area contributed by atoms with Crippen LogP contribution in [0.2, 0.25) is 0 Å². The third-order valence-corrected chi connectivity index (χ3v) is 6.81. The maximum absolute atomic E-state index is 9.55. The molecule has 0 amide bonds. The fraction of sp³-hybridized carbons (Fsp3) is 0.370. The van der Waals surface area contributed by atoms with E-state index >= 15 is 0 Å². The van der Waals surface area contributed by atoms with Crippen molar-refractivity contribution in [2.45, 2.75) is 65.3 Å². The second-order valence-electron chi connectivity index (χ2n) is 8.79. The number of fused-ring (bicyclic) bond motifs is 1. The molecule has 0 N–H and O–H groups in total. The second-order valence-corrected chi connectivity index (χ2v) is 8.79. The number of nitrogens with zero attached hydrogens (tertiary/aromatic N) is 4. The Bertz CT molecular complexity index is 1280. The molecule has 0 spiro atoms. The summed E-state index contributed by atoms with van der Waals surface area (Å²) >= 11 is 0. The number of hydrogen-bond acceptors (Lipinski definition) is 3. The largest absolute Gasteiger partial charge is 0.305 e. The quantitative estimate of drug-likeness (QED) is 0.505. The third-order valence-electron chi connectivity index (χ3n) is 6.81. The van der Waals surface area contributed by atoms with Crippen molar-refractivity contribution in [2.75, 3.05) is 0 Å². The van der Waals surface area contributed by atoms with Crippen molar-refractivity contribution in [3.8, 4) is 6.07 Å². The van der Waals surface area contributed by atoms with E-state index in [4.69, 9.17) is 9.97 Å². The van der Waals surface area contributed by atoms with Crippen molar-refractivity contribution in [3.63, 3.8) is 0 Å². The molecule has 2 aliphatic carbocycles. The van der Waals surface area contributed by atoms with E-state index in [9.17, 15) is 5.26 Å². The van der Waals surface area contributed by atoms with Crippen LogP contribution in [-0.2, 0) is 6.42 Å². The van der Waals surface area contributed by atoms with Gasteiger partial charge in [-0.25, -0.2) is 9.97 Å². The first-order chi connectivity index (χ1) is 15.1. The summed E-state index contributed by atoms with van der Waals surface area (Å²) in [5, 5.41) is 9.55. The zero-order chi connectivity index (χ0) is 21.5. The van der Waals surface area contributed by atoms with Crippen molar-refractivity contribution in [2.24, 2.45) is 0 Å². The van der Waals surface area contributed by atoms with Gasteiger partial charge in [-0.2, -0.15) is 5.26 Å². The van der Waals surface area contributed by atoms with Crippen LogP contribution in [0.1, 0.15) is 73.3 Å². The highest BCUT2D eigenvalue weighted by molar-refractivity contribution is 5.77. The van der Waals surface area contributed by atoms with E-state index in [2.05, 4.69) is 49.6 Å². The van der Waals surface area contributed by atoms with E-state index < -0.39 is 0 Å². The second kappa shape index (κ2) is 7.81. The molecule has 4 heteroatoms. The Kier molecular flexibility index (Phi) is 4.98. The van der Waals surface area contributed by atoms with Crippen molar-refractivity contribution in [1.29, 1.82) is 5.26 Å². The standard InChI is InChI=1S/C27H28N4/c1-4-25-30-26-17(2)14-18(3)29-27(26)31(25)24-11-7-9-19-15-20(12-13-23(19)24)22-10-6-5-8-21(22)16-28/h5-6,8,10,14-15,24H,4,7,9,11-13H2,1-3H3. The van der Waals surface area contributed by atoms with Crippen LogP contribution in [0.3, 0.4) is 0 Å². The van der Waals surface area contributed by atoms with Gasteiger partial charge in [-0.15, -0.1) is 0 Å². The van der Waals surface area contributed by atoms with Crippen molar-refractivity contribution >= 4 is 16.7 Å². The molecule has 1 aromatic carbocycles. The highest BCUT2D eigenvalue weighted by Gasteiger charge is 2.30. The summed E-state index contributed by atoms with van der Waals surface area (Å²) in [4.78, 5) is 9.93. The van der Waals surface area contributed by atoms with Crippen LogP contribution in [0.15, 0.2) is 47.6 Å². The summed E-state index contributed by atoms with van der Waals surface area (Å²) in [7, 11) is 0. The van der Waals surface area contributed by atoms with E-state index in [1.54, 1.807) is 5.57 Å². The first-order valence-corrected chi connectivity index (χ1v) is 11.4. The summed E-state index contributed by atoms with van der Waals surface area (Å²) in [6.45, 7) is 6.40. The average Bonchev–Trinajstić information content (AvgIpc) is 3.17. The number of rotatable bonds is 3. The van der Waals surface area contributed by atoms with Crippen LogP contribution in [0.25, 0.3) is 16.7 Å². The molecule has 0 saturated carbocycles. The summed E-state index contributed by atoms with van der Waals surface area (Å²) in [6, 6.07) is 12.8. The molecule has 3 aromatic rings. The smallest absolute Gasteiger partial charge is 0.161 e. The normalized spacial score (nSPS) is 18.6. The van der Waals surface area contributed by atoms with Crippen LogP contribution >= 0.6 is 0 Å². The number of aryl methyl sites for hydroxylation is 3. The Morgan fingerprint density at radius 1 is 1.13 bits per heavy atom. The number of allylic oxidation sites excluding steroid dienone is 4. The Hall–Kier alpha value is -3.19. The molecule has 0 aliphatic heterocycles. The molecule has 31 heavy (non-hydrogen) atoms. The van der Waals surface area contributed by atoms with E-state index in [1.165, 1.54) is 23.1 Å². The molecule has 1 unspecified atom stereocenters. The lowest BCUT2D eigenvalue weighted by Gasteiger charge is -2.33. The van der Waals surface area contributed by atoms with Crippen LogP contribution < -0.4 is 0 Å². The fourth-order valence-corrected chi connectivity index (χ4v) is 5.44. The van der Waals surface area contributed by atoms with Gasteiger partial charge in [0, 0.05) is 12.1 Å². The SMILES string of the molecule is CCc1nc2c(C)cc(C)nc2n1C1CCCC2=C1CCC(c1ccccc1C#N)=C2. The summed E-state index contributed by atoms with van der Waals surface area (Å²) < 4.78 is 2.44. The molecule has 0 saturated heterocycles. The lowest BCUT2D eigenvalue weighted by atomic mass is 9.78. The molecule has 5 rings (SSSR count). The Balaban J connectivity index is 1.64. The maximum atomic E-state index is 9.55. The summed E-state index contributed by atoms with van der Waals surface area (Å²) in [5.41, 5.74) is 10.5. The van der Waals surface area contributed by atoms with E-state index in [-0.39, 0.29) is 0 Å². The van der Waals surface area contributed by atoms with Crippen LogP contribution in [0, 0.1) is 25.2 Å². The number of nitriles is 1. The Morgan fingerprint density at radius 3 is 2.77 bits per heavy atom. The van der Waals surface area contributed by atoms with Gasteiger partial charge in [0.1, 0.15) is 11.3 Å². The monoisotopic (exact) mass is 408 g/mol. The van der Waals surface area contributed by atoms with Crippen LogP contribution in [0.4, 0.5) is 0 Å². The topological polar surface area (TPSA) is 54.5 Å². The van der Waals surface area contributed by atoms with E-state index in [0.717, 1.165) is 65.9 Å². The molecule has 4 nitrogen and oxygen atoms in total. The minimum Gasteiger partial charge on any atom is -0.305 e. The molecular formula is C27H28N4. The first kappa shape index (κ1) is 19.8. The Morgan fingerprint density at radius 2 is 1.97 bits per heavy atom. The molecule has 1 atom stereocenters. The minimum absolute atomic E-state index is 0.335. The third kappa shape index (κ3) is 3.29. The lowest BCUT2D eigenvalue weighted by molar-refractivity contribution is 0.462. The van der Waals surface area contributed by atoms with Gasteiger partial charge in [-0.1, -0.05) is 31.2 Å². The zero-order valence-corrected chi connectivity index (χ0v) is 18.6. The highest BCUT2D eigenvalue weighted by atomic mass is 15.2. The average molecular weight is 409 g/mol. The van der Waals surface area contributed by atoms with Gasteiger partial charge in [0.05, 0.1) is 17.7 Å². The van der Waals surface area contributed by atoms with Gasteiger partial charge in [0.15, 0.2) is 5.65 Å². The van der Waals surface area contributed by atoms with Crippen molar-refractivity contribution in [1.82, 2.24) is 14.5 Å². The highest BCUT2D eigenvalue weighted by Crippen LogP contribution is 2.44. The maximum Gasteiger partial charge on any atom is 0.161 e. The molecule has 0 bridgehead atoms. The minimum atomic E-state index is 0.335. The number of hydrogen-bond donors (Lipinski definition) is 0. The van der Waals surface area contributed by atoms with Gasteiger partial charge in [0.25, 0.3) is 0 Å². The number of aromatic nitrogens is 3. The molecule has 2 heterocycles. The van der Waals surface area contributed by atoms with Crippen molar-refractivity contribution in [3.05, 3.63) is 75.8 Å². The molecule has 2 aromatic heterocycles. The number of benzene rings is 1. The Labute approximate surface area is 184 Å². The molecule has 2 aliphatic rings. The van der Waals surface area contributed by atoms with E-state index in [0.29, 0.717) is 6.04 Å². The van der Waals surface area contributed by atoms with Gasteiger partial charge < -0.3 is 4.57 Å². The molecule has 0 fully saturated rings. The molecular weight excluding hydrogens is 380 g/mol. The van der Waals surface area contributed by atoms with Gasteiger partial charge in [-0.05, 0) is 85.9 Å². The van der Waals surface area contributed by atoms with Gasteiger partial charge in [0.2, 0.25) is 0 Å². The summed E-state index contributed by atoms with van der Waals surface area (Å²) in [6.07, 6.45) is 8.72. The predicted octanol–water partition coefficient (Wildman–Crippen LogP) is 6.38. The van der Waals surface area contributed by atoms with Gasteiger partial charge >= 0.3 is 0 Å². The zero-order valence-electron chi connectivity index (χ0n) is 18.6. The van der Waals surface area contributed by atoms with E-state index in [1.807, 2.05) is 18.2 Å². The molecule has 0 radical (unpaired) electrons. The van der Waals surface area contributed by atoms with Crippen LogP contribution in [0.5, 0.6) is 0 Å². The first-order valence-electron chi connectivity index (χ1n) is 11.4. The number of imidazole rings is 1.